The molecule has 0 bridgehead atoms. The van der Waals surface area contributed by atoms with Crippen LogP contribution >= 0.6 is 15.9 Å². The van der Waals surface area contributed by atoms with Gasteiger partial charge in [-0.1, -0.05) is 0 Å². The van der Waals surface area contributed by atoms with Crippen molar-refractivity contribution in [1.82, 2.24) is 14.0 Å². The topological polar surface area (TPSA) is 108 Å². The summed E-state index contributed by atoms with van der Waals surface area (Å²) in [5, 5.41) is 3.27. The molecule has 0 spiro atoms. The van der Waals surface area contributed by atoms with E-state index in [0.29, 0.717) is 48.3 Å². The van der Waals surface area contributed by atoms with E-state index in [-0.39, 0.29) is 4.90 Å². The number of fused-ring (bicyclic) bond motifs is 1. The molecule has 0 amide bonds. The van der Waals surface area contributed by atoms with Gasteiger partial charge in [-0.05, 0) is 84.2 Å². The first-order valence-corrected chi connectivity index (χ1v) is 15.1. The van der Waals surface area contributed by atoms with Gasteiger partial charge in [-0.15, -0.1) is 0 Å². The molecular formula is C20H31BrN4O4S2. The minimum Gasteiger partial charge on any atom is -0.369 e. The van der Waals surface area contributed by atoms with E-state index in [0.717, 1.165) is 37.5 Å². The van der Waals surface area contributed by atoms with Gasteiger partial charge >= 0.3 is 0 Å². The molecule has 1 saturated heterocycles. The van der Waals surface area contributed by atoms with E-state index in [2.05, 4.69) is 31.0 Å². The molecule has 3 atom stereocenters. The molecule has 1 unspecified atom stereocenters. The van der Waals surface area contributed by atoms with Crippen LogP contribution in [0, 0.1) is 23.7 Å². The van der Waals surface area contributed by atoms with Gasteiger partial charge < -0.3 is 5.32 Å². The summed E-state index contributed by atoms with van der Waals surface area (Å²) in [7, 11) is -6.71. The van der Waals surface area contributed by atoms with Crippen LogP contribution in [0.25, 0.3) is 0 Å². The van der Waals surface area contributed by atoms with Crippen molar-refractivity contribution in [3.8, 4) is 0 Å². The third-order valence-corrected chi connectivity index (χ3v) is 10.4. The highest BCUT2D eigenvalue weighted by molar-refractivity contribution is 9.10. The monoisotopic (exact) mass is 534 g/mol. The number of rotatable bonds is 8. The second-order valence-electron chi connectivity index (χ2n) is 9.27. The fraction of sp³-hybridized carbons (Fsp3) is 0.750. The fourth-order valence-electron chi connectivity index (χ4n) is 5.07. The van der Waals surface area contributed by atoms with Gasteiger partial charge in [0.25, 0.3) is 0 Å². The normalized spacial score (nSPS) is 27.6. The van der Waals surface area contributed by atoms with E-state index in [1.54, 1.807) is 6.07 Å². The number of pyridine rings is 1. The number of aromatic nitrogens is 1. The van der Waals surface area contributed by atoms with Crippen molar-refractivity contribution in [2.45, 2.75) is 43.4 Å². The van der Waals surface area contributed by atoms with E-state index >= 15 is 0 Å². The zero-order valence-electron chi connectivity index (χ0n) is 17.8. The maximum atomic E-state index is 12.7. The van der Waals surface area contributed by atoms with Crippen molar-refractivity contribution in [1.29, 1.82) is 0 Å². The van der Waals surface area contributed by atoms with Gasteiger partial charge in [-0.25, -0.2) is 30.8 Å². The number of piperidine rings is 1. The summed E-state index contributed by atoms with van der Waals surface area (Å²) in [4.78, 5) is 4.47. The molecule has 1 aromatic heterocycles. The molecule has 2 saturated carbocycles. The van der Waals surface area contributed by atoms with Gasteiger partial charge in [-0.2, -0.15) is 0 Å². The molecule has 4 rings (SSSR count). The molecule has 31 heavy (non-hydrogen) atoms. The zero-order chi connectivity index (χ0) is 22.2. The van der Waals surface area contributed by atoms with Crippen LogP contribution in [0.4, 0.5) is 5.82 Å². The van der Waals surface area contributed by atoms with Crippen LogP contribution in [0.15, 0.2) is 21.6 Å². The van der Waals surface area contributed by atoms with Crippen LogP contribution in [0.2, 0.25) is 0 Å². The third kappa shape index (κ3) is 5.61. The van der Waals surface area contributed by atoms with Gasteiger partial charge in [0.05, 0.1) is 10.7 Å². The summed E-state index contributed by atoms with van der Waals surface area (Å²) in [5.41, 5.74) is 0. The van der Waals surface area contributed by atoms with E-state index < -0.39 is 20.0 Å². The van der Waals surface area contributed by atoms with Gasteiger partial charge in [0.1, 0.15) is 10.7 Å². The molecule has 2 aliphatic carbocycles. The number of nitrogens with zero attached hydrogens (tertiary/aromatic N) is 2. The Labute approximate surface area is 193 Å². The second-order valence-corrected chi connectivity index (χ2v) is 13.9. The average Bonchev–Trinajstić information content (AvgIpc) is 2.99. The van der Waals surface area contributed by atoms with Crippen LogP contribution < -0.4 is 10.0 Å². The smallest absolute Gasteiger partial charge is 0.242 e. The van der Waals surface area contributed by atoms with Gasteiger partial charge in [0.2, 0.25) is 20.0 Å². The highest BCUT2D eigenvalue weighted by Gasteiger charge is 2.40. The first-order valence-electron chi connectivity index (χ1n) is 11.0. The first kappa shape index (κ1) is 23.4. The van der Waals surface area contributed by atoms with Gasteiger partial charge in [-0.3, -0.25) is 0 Å². The van der Waals surface area contributed by atoms with Gasteiger partial charge in [0.15, 0.2) is 0 Å². The number of anilines is 1. The number of sulfonamides is 2. The molecule has 3 aliphatic rings. The molecule has 3 fully saturated rings. The average molecular weight is 536 g/mol. The summed E-state index contributed by atoms with van der Waals surface area (Å²) in [6.07, 6.45) is 9.09. The maximum absolute atomic E-state index is 12.7. The minimum atomic E-state index is -3.59. The molecule has 1 aliphatic heterocycles. The summed E-state index contributed by atoms with van der Waals surface area (Å²) in [6.45, 7) is 2.23. The third-order valence-electron chi connectivity index (χ3n) is 7.14. The van der Waals surface area contributed by atoms with E-state index in [4.69, 9.17) is 0 Å². The Morgan fingerprint density at radius 2 is 1.68 bits per heavy atom. The first-order chi connectivity index (χ1) is 14.6. The lowest BCUT2D eigenvalue weighted by molar-refractivity contribution is 0.219. The molecule has 2 N–H and O–H groups in total. The molecule has 0 radical (unpaired) electrons. The van der Waals surface area contributed by atoms with Crippen LogP contribution in [0.1, 0.15) is 38.5 Å². The number of halogens is 1. The highest BCUT2D eigenvalue weighted by atomic mass is 79.9. The highest BCUT2D eigenvalue weighted by Crippen LogP contribution is 2.49. The second kappa shape index (κ2) is 9.24. The maximum Gasteiger partial charge on any atom is 0.242 e. The van der Waals surface area contributed by atoms with E-state index in [1.165, 1.54) is 29.6 Å². The number of nitrogens with one attached hydrogen (secondary N) is 2. The minimum absolute atomic E-state index is 0.160. The van der Waals surface area contributed by atoms with Crippen molar-refractivity contribution in [2.24, 2.45) is 23.7 Å². The Balaban J connectivity index is 1.28. The van der Waals surface area contributed by atoms with E-state index in [9.17, 15) is 16.8 Å². The van der Waals surface area contributed by atoms with Crippen molar-refractivity contribution in [2.75, 3.05) is 37.8 Å². The van der Waals surface area contributed by atoms with Crippen LogP contribution in [0.5, 0.6) is 0 Å². The lowest BCUT2D eigenvalue weighted by Crippen LogP contribution is -2.39. The molecule has 8 nitrogen and oxygen atoms in total. The molecule has 2 heterocycles. The van der Waals surface area contributed by atoms with Crippen molar-refractivity contribution < 1.29 is 16.8 Å². The Bertz CT molecular complexity index is 998. The van der Waals surface area contributed by atoms with Gasteiger partial charge in [0, 0.05) is 32.4 Å². The fourth-order valence-corrected chi connectivity index (χ4v) is 7.67. The Morgan fingerprint density at radius 3 is 2.23 bits per heavy atom. The molecule has 1 aromatic rings. The lowest BCUT2D eigenvalue weighted by atomic mass is 9.77. The summed E-state index contributed by atoms with van der Waals surface area (Å²) >= 11 is 3.44. The molecule has 174 valence electrons. The van der Waals surface area contributed by atoms with Crippen LogP contribution in [-0.4, -0.2) is 58.6 Å². The van der Waals surface area contributed by atoms with E-state index in [1.807, 2.05) is 0 Å². The SMILES string of the molecule is CS(=O)(=O)N1CCC(CNc2ncc(S(=O)(=O)NCC3C[C@H]4CC[C@H]4C3)cc2Br)CC1. The predicted octanol–water partition coefficient (Wildman–Crippen LogP) is 2.64. The Hall–Kier alpha value is -0.750. The van der Waals surface area contributed by atoms with Crippen molar-refractivity contribution >= 4 is 41.8 Å². The largest absolute Gasteiger partial charge is 0.369 e. The lowest BCUT2D eigenvalue weighted by Gasteiger charge is -2.30. The number of hydrogen-bond donors (Lipinski definition) is 2. The molecule has 11 heteroatoms. The molecular weight excluding hydrogens is 504 g/mol. The zero-order valence-corrected chi connectivity index (χ0v) is 21.0. The molecule has 0 aromatic carbocycles. The summed E-state index contributed by atoms with van der Waals surface area (Å²) in [5.74, 6) is 3.01. The predicted molar refractivity (Wildman–Crippen MR) is 124 cm³/mol. The standard InChI is InChI=1S/C20H31BrN4O4S2/c1-30(26,27)25-6-4-14(5-7-25)11-22-20-19(21)10-18(13-23-20)31(28,29)24-12-15-8-16-2-3-17(16)9-15/h10,13-17,24H,2-9,11-12H2,1H3,(H,22,23)/t15?,16-,17+. The summed E-state index contributed by atoms with van der Waals surface area (Å²) in [6, 6.07) is 1.59. The number of hydrogen-bond acceptors (Lipinski definition) is 6. The van der Waals surface area contributed by atoms with Crippen LogP contribution in [0.3, 0.4) is 0 Å². The Kier molecular flexibility index (Phi) is 6.98. The Morgan fingerprint density at radius 1 is 1.03 bits per heavy atom. The summed E-state index contributed by atoms with van der Waals surface area (Å²) < 4.78 is 53.5. The van der Waals surface area contributed by atoms with Crippen molar-refractivity contribution in [3.05, 3.63) is 16.7 Å². The quantitative estimate of drug-likeness (QED) is 0.530. The van der Waals surface area contributed by atoms with Crippen molar-refractivity contribution in [3.63, 3.8) is 0 Å². The van der Waals surface area contributed by atoms with Crippen LogP contribution in [-0.2, 0) is 20.0 Å².